The summed E-state index contributed by atoms with van der Waals surface area (Å²) >= 11 is 0. The van der Waals surface area contributed by atoms with Gasteiger partial charge in [0.2, 0.25) is 0 Å². The van der Waals surface area contributed by atoms with Crippen LogP contribution in [0.4, 0.5) is 14.5 Å². The number of sulfonamides is 1. The van der Waals surface area contributed by atoms with E-state index in [1.54, 1.807) is 0 Å². The zero-order valence-electron chi connectivity index (χ0n) is 15.3. The van der Waals surface area contributed by atoms with Crippen molar-refractivity contribution in [1.82, 2.24) is 9.88 Å². The minimum absolute atomic E-state index is 0.0157. The Morgan fingerprint density at radius 3 is 2.31 bits per heavy atom. The normalized spacial score (nSPS) is 11.1. The van der Waals surface area contributed by atoms with Gasteiger partial charge in [0.1, 0.15) is 11.6 Å². The topological polar surface area (TPSA) is 79.4 Å². The van der Waals surface area contributed by atoms with Crippen LogP contribution >= 0.6 is 0 Å². The SMILES string of the molecule is CN(Cc1ccc(F)cc1F)C(=O)c1ccc(S(=O)(=O)Nc2ccncc2)cc1. The number of nitrogens with zero attached hydrogens (tertiary/aromatic N) is 2. The van der Waals surface area contributed by atoms with E-state index in [1.807, 2.05) is 0 Å². The molecular formula is C20H17F2N3O3S. The van der Waals surface area contributed by atoms with Crippen molar-refractivity contribution in [3.8, 4) is 0 Å². The average Bonchev–Trinajstić information content (AvgIpc) is 2.70. The largest absolute Gasteiger partial charge is 0.337 e. The number of aromatic nitrogens is 1. The Hall–Kier alpha value is -3.33. The number of rotatable bonds is 6. The zero-order chi connectivity index (χ0) is 21.0. The Kier molecular flexibility index (Phi) is 5.88. The summed E-state index contributed by atoms with van der Waals surface area (Å²) in [5.74, 6) is -1.87. The van der Waals surface area contributed by atoms with E-state index >= 15 is 0 Å². The maximum atomic E-state index is 13.8. The Morgan fingerprint density at radius 1 is 1.03 bits per heavy atom. The molecule has 29 heavy (non-hydrogen) atoms. The summed E-state index contributed by atoms with van der Waals surface area (Å²) in [5.41, 5.74) is 0.766. The molecule has 2 aromatic carbocycles. The van der Waals surface area contributed by atoms with E-state index in [2.05, 4.69) is 9.71 Å². The second-order valence-corrected chi connectivity index (χ2v) is 7.95. The van der Waals surface area contributed by atoms with Gasteiger partial charge in [-0.2, -0.15) is 0 Å². The third kappa shape index (κ3) is 4.94. The number of amides is 1. The van der Waals surface area contributed by atoms with Gasteiger partial charge >= 0.3 is 0 Å². The van der Waals surface area contributed by atoms with Crippen molar-refractivity contribution >= 4 is 21.6 Å². The monoisotopic (exact) mass is 417 g/mol. The number of anilines is 1. The molecule has 0 atom stereocenters. The molecule has 1 heterocycles. The van der Waals surface area contributed by atoms with Crippen molar-refractivity contribution in [2.75, 3.05) is 11.8 Å². The summed E-state index contributed by atoms with van der Waals surface area (Å²) in [6.45, 7) is -0.0609. The molecule has 0 aliphatic carbocycles. The summed E-state index contributed by atoms with van der Waals surface area (Å²) in [6, 6.07) is 11.5. The van der Waals surface area contributed by atoms with Crippen LogP contribution in [0, 0.1) is 11.6 Å². The number of carbonyl (C=O) groups is 1. The van der Waals surface area contributed by atoms with Crippen LogP contribution in [0.1, 0.15) is 15.9 Å². The fourth-order valence-electron chi connectivity index (χ4n) is 2.61. The highest BCUT2D eigenvalue weighted by Gasteiger charge is 2.18. The molecule has 0 saturated carbocycles. The highest BCUT2D eigenvalue weighted by molar-refractivity contribution is 7.92. The van der Waals surface area contributed by atoms with Crippen molar-refractivity contribution in [2.45, 2.75) is 11.4 Å². The molecule has 1 N–H and O–H groups in total. The van der Waals surface area contributed by atoms with Crippen LogP contribution in [0.5, 0.6) is 0 Å². The van der Waals surface area contributed by atoms with Gasteiger partial charge < -0.3 is 4.90 Å². The predicted molar refractivity (Wildman–Crippen MR) is 104 cm³/mol. The summed E-state index contributed by atoms with van der Waals surface area (Å²) in [7, 11) is -2.35. The van der Waals surface area contributed by atoms with E-state index in [1.165, 1.54) is 66.8 Å². The third-order valence-electron chi connectivity index (χ3n) is 4.11. The van der Waals surface area contributed by atoms with Crippen LogP contribution in [-0.4, -0.2) is 31.3 Å². The lowest BCUT2D eigenvalue weighted by atomic mass is 10.1. The van der Waals surface area contributed by atoms with Crippen molar-refractivity contribution in [1.29, 1.82) is 0 Å². The van der Waals surface area contributed by atoms with Crippen LogP contribution < -0.4 is 4.72 Å². The van der Waals surface area contributed by atoms with E-state index in [9.17, 15) is 22.0 Å². The molecule has 0 saturated heterocycles. The van der Waals surface area contributed by atoms with Crippen molar-refractivity contribution in [3.63, 3.8) is 0 Å². The number of carbonyl (C=O) groups excluding carboxylic acids is 1. The van der Waals surface area contributed by atoms with Gasteiger partial charge in [0.25, 0.3) is 15.9 Å². The van der Waals surface area contributed by atoms with Crippen molar-refractivity contribution in [2.24, 2.45) is 0 Å². The van der Waals surface area contributed by atoms with Crippen LogP contribution in [0.25, 0.3) is 0 Å². The van der Waals surface area contributed by atoms with Gasteiger partial charge in [-0.15, -0.1) is 0 Å². The summed E-state index contributed by atoms with van der Waals surface area (Å²) in [4.78, 5) is 17.6. The number of halogens is 2. The molecule has 3 rings (SSSR count). The Balaban J connectivity index is 1.72. The maximum Gasteiger partial charge on any atom is 0.261 e. The number of hydrogen-bond donors (Lipinski definition) is 1. The fourth-order valence-corrected chi connectivity index (χ4v) is 3.67. The van der Waals surface area contributed by atoms with E-state index in [4.69, 9.17) is 0 Å². The minimum atomic E-state index is -3.82. The molecular weight excluding hydrogens is 400 g/mol. The molecule has 3 aromatic rings. The lowest BCUT2D eigenvalue weighted by molar-refractivity contribution is 0.0783. The van der Waals surface area contributed by atoms with Gasteiger partial charge in [0, 0.05) is 43.2 Å². The number of benzene rings is 2. The fraction of sp³-hybridized carbons (Fsp3) is 0.100. The standard InChI is InChI=1S/C20H17F2N3O3S/c1-25(13-15-2-5-16(21)12-19(15)22)20(26)14-3-6-18(7-4-14)29(27,28)24-17-8-10-23-11-9-17/h2-12H,13H2,1H3,(H,23,24). The van der Waals surface area contributed by atoms with E-state index in [-0.39, 0.29) is 22.6 Å². The van der Waals surface area contributed by atoms with Crippen LogP contribution in [-0.2, 0) is 16.6 Å². The Bertz CT molecular complexity index is 1120. The number of hydrogen-bond acceptors (Lipinski definition) is 4. The molecule has 1 amide bonds. The molecule has 150 valence electrons. The average molecular weight is 417 g/mol. The summed E-state index contributed by atoms with van der Waals surface area (Å²) in [5, 5.41) is 0. The van der Waals surface area contributed by atoms with E-state index in [0.717, 1.165) is 12.1 Å². The third-order valence-corrected chi connectivity index (χ3v) is 5.51. The first-order valence-corrected chi connectivity index (χ1v) is 9.97. The second kappa shape index (κ2) is 8.36. The quantitative estimate of drug-likeness (QED) is 0.667. The van der Waals surface area contributed by atoms with Crippen molar-refractivity contribution in [3.05, 3.63) is 89.8 Å². The van der Waals surface area contributed by atoms with Crippen LogP contribution in [0.3, 0.4) is 0 Å². The molecule has 0 unspecified atom stereocenters. The molecule has 9 heteroatoms. The molecule has 0 aliphatic rings. The molecule has 0 fully saturated rings. The molecule has 0 radical (unpaired) electrons. The lowest BCUT2D eigenvalue weighted by Crippen LogP contribution is -2.26. The highest BCUT2D eigenvalue weighted by Crippen LogP contribution is 2.18. The first-order valence-electron chi connectivity index (χ1n) is 8.48. The van der Waals surface area contributed by atoms with Gasteiger partial charge in [-0.25, -0.2) is 17.2 Å². The maximum absolute atomic E-state index is 13.8. The first kappa shape index (κ1) is 20.4. The van der Waals surface area contributed by atoms with Gasteiger partial charge in [-0.3, -0.25) is 14.5 Å². The van der Waals surface area contributed by atoms with Crippen LogP contribution in [0.15, 0.2) is 71.9 Å². The molecule has 1 aromatic heterocycles. The van der Waals surface area contributed by atoms with E-state index in [0.29, 0.717) is 5.69 Å². The highest BCUT2D eigenvalue weighted by atomic mass is 32.2. The lowest BCUT2D eigenvalue weighted by Gasteiger charge is -2.18. The van der Waals surface area contributed by atoms with Gasteiger partial charge in [-0.05, 0) is 42.5 Å². The van der Waals surface area contributed by atoms with E-state index < -0.39 is 27.6 Å². The van der Waals surface area contributed by atoms with Gasteiger partial charge in [-0.1, -0.05) is 6.07 Å². The number of nitrogens with one attached hydrogen (secondary N) is 1. The zero-order valence-corrected chi connectivity index (χ0v) is 16.2. The van der Waals surface area contributed by atoms with Gasteiger partial charge in [0.05, 0.1) is 10.6 Å². The number of pyridine rings is 1. The van der Waals surface area contributed by atoms with Gasteiger partial charge in [0.15, 0.2) is 0 Å². The minimum Gasteiger partial charge on any atom is -0.337 e. The van der Waals surface area contributed by atoms with Crippen LogP contribution in [0.2, 0.25) is 0 Å². The summed E-state index contributed by atoms with van der Waals surface area (Å²) in [6.07, 6.45) is 2.92. The summed E-state index contributed by atoms with van der Waals surface area (Å²) < 4.78 is 54.0. The Labute approximate surface area is 166 Å². The first-order chi connectivity index (χ1) is 13.8. The predicted octanol–water partition coefficient (Wildman–Crippen LogP) is 3.43. The smallest absolute Gasteiger partial charge is 0.261 e. The van der Waals surface area contributed by atoms with Crippen molar-refractivity contribution < 1.29 is 22.0 Å². The molecule has 0 spiro atoms. The second-order valence-electron chi connectivity index (χ2n) is 6.26. The Morgan fingerprint density at radius 2 is 1.69 bits per heavy atom. The molecule has 0 bridgehead atoms. The molecule has 6 nitrogen and oxygen atoms in total. The molecule has 0 aliphatic heterocycles.